The van der Waals surface area contributed by atoms with Crippen LogP contribution in [0.15, 0.2) is 46.5 Å². The lowest BCUT2D eigenvalue weighted by Crippen LogP contribution is -2.14. The maximum absolute atomic E-state index is 5.90. The van der Waals surface area contributed by atoms with E-state index < -0.39 is 0 Å². The Labute approximate surface area is 167 Å². The number of benzene rings is 2. The van der Waals surface area contributed by atoms with Crippen molar-refractivity contribution in [1.82, 2.24) is 4.90 Å². The molecule has 27 heavy (non-hydrogen) atoms. The van der Waals surface area contributed by atoms with E-state index in [-0.39, 0.29) is 0 Å². The normalized spacial score (nSPS) is 11.9. The predicted octanol–water partition coefficient (Wildman–Crippen LogP) is 5.55. The van der Waals surface area contributed by atoms with Gasteiger partial charge in [0.2, 0.25) is 0 Å². The zero-order valence-corrected chi connectivity index (χ0v) is 17.5. The number of oxime groups is 1. The van der Waals surface area contributed by atoms with Crippen LogP contribution in [-0.2, 0) is 11.3 Å². The quantitative estimate of drug-likeness (QED) is 0.258. The van der Waals surface area contributed by atoms with Crippen molar-refractivity contribution in [2.45, 2.75) is 34.1 Å². The first-order valence-corrected chi connectivity index (χ1v) is 9.55. The van der Waals surface area contributed by atoms with Crippen LogP contribution in [0.1, 0.15) is 36.1 Å². The molecule has 0 aliphatic carbocycles. The summed E-state index contributed by atoms with van der Waals surface area (Å²) in [6.45, 7) is 9.67. The van der Waals surface area contributed by atoms with Crippen molar-refractivity contribution in [2.75, 3.05) is 20.2 Å². The molecule has 4 nitrogen and oxygen atoms in total. The van der Waals surface area contributed by atoms with Gasteiger partial charge in [-0.15, -0.1) is 0 Å². The molecule has 0 atom stereocenters. The van der Waals surface area contributed by atoms with Gasteiger partial charge in [-0.1, -0.05) is 28.9 Å². The Morgan fingerprint density at radius 1 is 1.15 bits per heavy atom. The Morgan fingerprint density at radius 3 is 2.52 bits per heavy atom. The topological polar surface area (TPSA) is 37.2 Å². The molecule has 2 aromatic carbocycles. The van der Waals surface area contributed by atoms with E-state index in [2.05, 4.69) is 43.1 Å². The molecule has 0 spiro atoms. The van der Waals surface area contributed by atoms with Gasteiger partial charge in [0, 0.05) is 30.6 Å². The van der Waals surface area contributed by atoms with Crippen molar-refractivity contribution in [3.63, 3.8) is 0 Å². The second kappa shape index (κ2) is 10.1. The average Bonchev–Trinajstić information content (AvgIpc) is 2.66. The molecular weight excluding hydrogens is 358 g/mol. The number of hydrogen-bond acceptors (Lipinski definition) is 3. The van der Waals surface area contributed by atoms with Crippen molar-refractivity contribution < 1.29 is 4.84 Å². The first-order chi connectivity index (χ1) is 12.9. The molecule has 0 aromatic heterocycles. The molecule has 0 amide bonds. The Hall–Kier alpha value is -2.33. The fraction of sp³-hybridized carbons (Fsp3) is 0.364. The Kier molecular flexibility index (Phi) is 7.86. The van der Waals surface area contributed by atoms with Crippen LogP contribution in [0.4, 0.5) is 5.69 Å². The zero-order valence-electron chi connectivity index (χ0n) is 16.8. The van der Waals surface area contributed by atoms with Crippen LogP contribution in [0.25, 0.3) is 0 Å². The molecule has 0 N–H and O–H groups in total. The lowest BCUT2D eigenvalue weighted by atomic mass is 10.0. The van der Waals surface area contributed by atoms with Gasteiger partial charge in [-0.25, -0.2) is 4.99 Å². The van der Waals surface area contributed by atoms with Crippen molar-refractivity contribution in [1.29, 1.82) is 0 Å². The third-order valence-electron chi connectivity index (χ3n) is 4.42. The summed E-state index contributed by atoms with van der Waals surface area (Å²) in [7, 11) is 2.01. The number of hydrogen-bond donors (Lipinski definition) is 0. The Bertz CT molecular complexity index is 813. The highest BCUT2D eigenvalue weighted by molar-refractivity contribution is 6.30. The molecule has 0 saturated carbocycles. The molecule has 0 aliphatic rings. The second-order valence-corrected chi connectivity index (χ2v) is 7.09. The summed E-state index contributed by atoms with van der Waals surface area (Å²) in [5.41, 5.74) is 6.36. The van der Waals surface area contributed by atoms with Crippen molar-refractivity contribution in [3.05, 3.63) is 63.7 Å². The van der Waals surface area contributed by atoms with E-state index >= 15 is 0 Å². The second-order valence-electron chi connectivity index (χ2n) is 6.66. The van der Waals surface area contributed by atoms with Crippen molar-refractivity contribution in [2.24, 2.45) is 10.1 Å². The lowest BCUT2D eigenvalue weighted by molar-refractivity contribution is 0.147. The summed E-state index contributed by atoms with van der Waals surface area (Å²) in [5, 5.41) is 5.03. The standard InChI is InChI=1S/C22H28ClN3O/c1-6-26(5)15-24-22-14-16(2)21(13-17(22)3)18(4)25-27-12-11-19-7-9-20(23)10-8-19/h7-10,13-15H,6,11-12H2,1-5H3. The molecule has 0 unspecified atom stereocenters. The molecule has 0 saturated heterocycles. The Morgan fingerprint density at radius 2 is 1.85 bits per heavy atom. The summed E-state index contributed by atoms with van der Waals surface area (Å²) in [6, 6.07) is 12.0. The SMILES string of the molecule is CCN(C)C=Nc1cc(C)c(C(C)=NOCCc2ccc(Cl)cc2)cc1C. The molecule has 5 heteroatoms. The first-order valence-electron chi connectivity index (χ1n) is 9.17. The molecular formula is C22H28ClN3O. The van der Waals surface area contributed by atoms with Gasteiger partial charge in [0.1, 0.15) is 6.61 Å². The van der Waals surface area contributed by atoms with Gasteiger partial charge in [0.05, 0.1) is 17.7 Å². The highest BCUT2D eigenvalue weighted by atomic mass is 35.5. The summed E-state index contributed by atoms with van der Waals surface area (Å²) in [4.78, 5) is 12.1. The lowest BCUT2D eigenvalue weighted by Gasteiger charge is -2.12. The van der Waals surface area contributed by atoms with Gasteiger partial charge in [0.15, 0.2) is 0 Å². The van der Waals surface area contributed by atoms with Crippen LogP contribution < -0.4 is 0 Å². The Balaban J connectivity index is 2.01. The highest BCUT2D eigenvalue weighted by Gasteiger charge is 2.07. The van der Waals surface area contributed by atoms with E-state index in [1.54, 1.807) is 0 Å². The number of aliphatic imine (C=N–C) groups is 1. The molecule has 2 rings (SSSR count). The number of rotatable bonds is 8. The third kappa shape index (κ3) is 6.40. The molecule has 0 fully saturated rings. The minimum atomic E-state index is 0.530. The molecule has 144 valence electrons. The zero-order chi connectivity index (χ0) is 19.8. The van der Waals surface area contributed by atoms with Crippen LogP contribution in [0.5, 0.6) is 0 Å². The summed E-state index contributed by atoms with van der Waals surface area (Å²) in [6.07, 6.45) is 2.66. The molecule has 0 aliphatic heterocycles. The van der Waals surface area contributed by atoms with Crippen molar-refractivity contribution >= 4 is 29.3 Å². The van der Waals surface area contributed by atoms with Crippen LogP contribution in [0, 0.1) is 13.8 Å². The van der Waals surface area contributed by atoms with Gasteiger partial charge < -0.3 is 9.74 Å². The maximum atomic E-state index is 5.90. The van der Waals surface area contributed by atoms with E-state index in [1.165, 1.54) is 5.56 Å². The molecule has 2 aromatic rings. The average molecular weight is 386 g/mol. The largest absolute Gasteiger partial charge is 0.395 e. The van der Waals surface area contributed by atoms with Crippen LogP contribution in [-0.4, -0.2) is 37.1 Å². The van der Waals surface area contributed by atoms with Crippen LogP contribution >= 0.6 is 11.6 Å². The minimum absolute atomic E-state index is 0.530. The predicted molar refractivity (Wildman–Crippen MR) is 116 cm³/mol. The van der Waals surface area contributed by atoms with Gasteiger partial charge in [-0.05, 0) is 68.7 Å². The fourth-order valence-corrected chi connectivity index (χ4v) is 2.70. The first kappa shape index (κ1) is 21.0. The number of aryl methyl sites for hydroxylation is 2. The number of nitrogens with zero attached hydrogens (tertiary/aromatic N) is 3. The maximum Gasteiger partial charge on any atom is 0.121 e. The van der Waals surface area contributed by atoms with Crippen molar-refractivity contribution in [3.8, 4) is 0 Å². The fourth-order valence-electron chi connectivity index (χ4n) is 2.58. The van der Waals surface area contributed by atoms with Gasteiger partial charge in [-0.2, -0.15) is 0 Å². The van der Waals surface area contributed by atoms with Gasteiger partial charge in [-0.3, -0.25) is 0 Å². The molecule has 0 bridgehead atoms. The van der Waals surface area contributed by atoms with E-state index in [1.807, 2.05) is 49.5 Å². The summed E-state index contributed by atoms with van der Waals surface area (Å²) < 4.78 is 0. The monoisotopic (exact) mass is 385 g/mol. The highest BCUT2D eigenvalue weighted by Crippen LogP contribution is 2.24. The molecule has 0 radical (unpaired) electrons. The van der Waals surface area contributed by atoms with E-state index in [9.17, 15) is 0 Å². The van der Waals surface area contributed by atoms with Gasteiger partial charge in [0.25, 0.3) is 0 Å². The third-order valence-corrected chi connectivity index (χ3v) is 4.67. The molecule has 0 heterocycles. The van der Waals surface area contributed by atoms with Crippen LogP contribution in [0.2, 0.25) is 5.02 Å². The van der Waals surface area contributed by atoms with E-state index in [4.69, 9.17) is 16.4 Å². The van der Waals surface area contributed by atoms with Gasteiger partial charge >= 0.3 is 0 Å². The summed E-state index contributed by atoms with van der Waals surface area (Å²) >= 11 is 5.90. The van der Waals surface area contributed by atoms with E-state index in [0.717, 1.165) is 46.1 Å². The summed E-state index contributed by atoms with van der Waals surface area (Å²) in [5.74, 6) is 0. The van der Waals surface area contributed by atoms with Crippen LogP contribution in [0.3, 0.4) is 0 Å². The van der Waals surface area contributed by atoms with E-state index in [0.29, 0.717) is 6.61 Å². The minimum Gasteiger partial charge on any atom is -0.395 e. The number of halogens is 1. The smallest absolute Gasteiger partial charge is 0.121 e.